The number of furan rings is 1. The molecule has 11 heteroatoms. The molecule has 9 nitrogen and oxygen atoms in total. The molecule has 2 aromatic heterocycles. The Morgan fingerprint density at radius 3 is 2.79 bits per heavy atom. The molecule has 1 aliphatic rings. The molecule has 0 aliphatic carbocycles. The van der Waals surface area contributed by atoms with Crippen LogP contribution in [0.4, 0.5) is 0 Å². The van der Waals surface area contributed by atoms with Crippen LogP contribution < -0.4 is 4.74 Å². The van der Waals surface area contributed by atoms with E-state index in [1.54, 1.807) is 30.7 Å². The first-order chi connectivity index (χ1) is 16.3. The fourth-order valence-corrected chi connectivity index (χ4v) is 5.19. The Bertz CT molecular complexity index is 1090. The summed E-state index contributed by atoms with van der Waals surface area (Å²) in [4.78, 5) is 5.36. The number of rotatable bonds is 9. The molecule has 0 radical (unpaired) electrons. The van der Waals surface area contributed by atoms with Gasteiger partial charge in [0, 0.05) is 31.2 Å². The van der Waals surface area contributed by atoms with Gasteiger partial charge in [0.15, 0.2) is 0 Å². The van der Waals surface area contributed by atoms with Gasteiger partial charge in [-0.05, 0) is 23.8 Å². The predicted octanol–water partition coefficient (Wildman–Crippen LogP) is 2.09. The Balaban J connectivity index is 1.69. The van der Waals surface area contributed by atoms with Gasteiger partial charge in [-0.25, -0.2) is 4.98 Å². The highest BCUT2D eigenvalue weighted by molar-refractivity contribution is 7.15. The molecule has 0 amide bonds. The normalized spacial score (nSPS) is 27.1. The van der Waals surface area contributed by atoms with Crippen molar-refractivity contribution in [1.82, 2.24) is 4.98 Å². The van der Waals surface area contributed by atoms with Crippen LogP contribution in [0.15, 0.2) is 47.2 Å². The lowest BCUT2D eigenvalue weighted by Crippen LogP contribution is -2.65. The van der Waals surface area contributed by atoms with Crippen molar-refractivity contribution < 1.29 is 39.1 Å². The van der Waals surface area contributed by atoms with E-state index in [9.17, 15) is 20.4 Å². The number of benzene rings is 1. The number of aromatic nitrogens is 1. The molecule has 4 N–H and O–H groups in total. The standard InChI is InChI=1S/C23H26ClNO8S/c1-30-7-8-32-18-9-14(10-20-25-11-19(34-20)17-3-2-6-31-17)4-5-16(18)22(28)15(12-26)13-33-21(27)23(22,24)29/h2-6,9,11,15,21,26-29H,7-8,10,12-13H2,1H3/t15-,21-,22+,23-/m1/s1. The van der Waals surface area contributed by atoms with Crippen LogP contribution in [0, 0.1) is 5.92 Å². The molecule has 184 valence electrons. The highest BCUT2D eigenvalue weighted by Gasteiger charge is 2.63. The number of hydrogen-bond donors (Lipinski definition) is 4. The molecule has 34 heavy (non-hydrogen) atoms. The smallest absolute Gasteiger partial charge is 0.223 e. The van der Waals surface area contributed by atoms with E-state index in [-0.39, 0.29) is 31.1 Å². The minimum absolute atomic E-state index is 0.113. The maximum Gasteiger partial charge on any atom is 0.223 e. The van der Waals surface area contributed by atoms with Crippen LogP contribution in [0.5, 0.6) is 5.75 Å². The van der Waals surface area contributed by atoms with Crippen LogP contribution in [0.2, 0.25) is 0 Å². The second-order valence-electron chi connectivity index (χ2n) is 7.95. The van der Waals surface area contributed by atoms with Gasteiger partial charge in [-0.3, -0.25) is 0 Å². The van der Waals surface area contributed by atoms with E-state index >= 15 is 0 Å². The number of ether oxygens (including phenoxy) is 3. The van der Waals surface area contributed by atoms with Crippen LogP contribution in [0.25, 0.3) is 10.6 Å². The second kappa shape index (κ2) is 10.3. The number of alkyl halides is 1. The molecule has 1 aromatic carbocycles. The number of aliphatic hydroxyl groups is 4. The molecule has 4 rings (SSSR count). The zero-order valence-electron chi connectivity index (χ0n) is 18.4. The van der Waals surface area contributed by atoms with E-state index in [0.717, 1.165) is 21.2 Å². The van der Waals surface area contributed by atoms with Crippen molar-refractivity contribution >= 4 is 22.9 Å². The lowest BCUT2D eigenvalue weighted by molar-refractivity contribution is -0.307. The SMILES string of the molecule is COCCOc1cc(Cc2ncc(-c3ccco3)s2)ccc1[C@@]1(O)[C@H](CO)CO[C@@H](O)[C@]1(O)Cl. The van der Waals surface area contributed by atoms with Gasteiger partial charge in [0.05, 0.1) is 36.0 Å². The van der Waals surface area contributed by atoms with Gasteiger partial charge in [-0.15, -0.1) is 11.3 Å². The van der Waals surface area contributed by atoms with Crippen molar-refractivity contribution in [3.8, 4) is 16.4 Å². The highest BCUT2D eigenvalue weighted by Crippen LogP contribution is 2.50. The first-order valence-corrected chi connectivity index (χ1v) is 11.8. The summed E-state index contributed by atoms with van der Waals surface area (Å²) >= 11 is 7.70. The maximum atomic E-state index is 11.6. The lowest BCUT2D eigenvalue weighted by atomic mass is 9.74. The first kappa shape index (κ1) is 25.1. The summed E-state index contributed by atoms with van der Waals surface area (Å²) in [6.07, 6.45) is 1.94. The molecule has 0 saturated carbocycles. The van der Waals surface area contributed by atoms with Gasteiger partial charge in [-0.2, -0.15) is 0 Å². The molecular formula is C23H26ClNO8S. The molecule has 3 aromatic rings. The molecule has 1 fully saturated rings. The number of thiazole rings is 1. The zero-order valence-corrected chi connectivity index (χ0v) is 20.0. The zero-order chi connectivity index (χ0) is 24.3. The molecule has 1 aliphatic heterocycles. The van der Waals surface area contributed by atoms with Gasteiger partial charge in [0.2, 0.25) is 11.4 Å². The third-order valence-electron chi connectivity index (χ3n) is 5.80. The van der Waals surface area contributed by atoms with Crippen molar-refractivity contribution in [3.05, 3.63) is 58.9 Å². The molecule has 4 atom stereocenters. The van der Waals surface area contributed by atoms with Crippen LogP contribution in [-0.2, 0) is 21.5 Å². The molecule has 1 saturated heterocycles. The van der Waals surface area contributed by atoms with E-state index in [0.29, 0.717) is 6.42 Å². The van der Waals surface area contributed by atoms with Crippen molar-refractivity contribution in [2.75, 3.05) is 33.5 Å². The lowest BCUT2D eigenvalue weighted by Gasteiger charge is -2.49. The summed E-state index contributed by atoms with van der Waals surface area (Å²) in [6.45, 7) is -0.336. The fourth-order valence-electron chi connectivity index (χ4n) is 3.95. The minimum atomic E-state index is -2.63. The van der Waals surface area contributed by atoms with Gasteiger partial charge in [0.25, 0.3) is 0 Å². The molecule has 3 heterocycles. The Hall–Kier alpha value is -2.02. The average Bonchev–Trinajstić information content (AvgIpc) is 3.50. The van der Waals surface area contributed by atoms with E-state index in [1.807, 2.05) is 12.1 Å². The summed E-state index contributed by atoms with van der Waals surface area (Å²) in [5.74, 6) is -0.0604. The molecule has 0 unspecified atom stereocenters. The monoisotopic (exact) mass is 511 g/mol. The fraction of sp³-hybridized carbons (Fsp3) is 0.435. The van der Waals surface area contributed by atoms with E-state index in [2.05, 4.69) is 4.98 Å². The first-order valence-electron chi connectivity index (χ1n) is 10.6. The highest BCUT2D eigenvalue weighted by atomic mass is 35.5. The third-order valence-corrected chi connectivity index (χ3v) is 7.29. The number of aliphatic hydroxyl groups excluding tert-OH is 2. The Morgan fingerprint density at radius 2 is 2.09 bits per heavy atom. The Kier molecular flexibility index (Phi) is 7.60. The van der Waals surface area contributed by atoms with Gasteiger partial charge < -0.3 is 39.1 Å². The molecule has 0 spiro atoms. The van der Waals surface area contributed by atoms with Crippen LogP contribution in [0.1, 0.15) is 16.1 Å². The summed E-state index contributed by atoms with van der Waals surface area (Å²) in [5.41, 5.74) is -1.33. The maximum absolute atomic E-state index is 11.6. The molecular weight excluding hydrogens is 486 g/mol. The largest absolute Gasteiger partial charge is 0.491 e. The summed E-state index contributed by atoms with van der Waals surface area (Å²) in [6, 6.07) is 8.69. The third kappa shape index (κ3) is 4.60. The predicted molar refractivity (Wildman–Crippen MR) is 124 cm³/mol. The van der Waals surface area contributed by atoms with E-state index < -0.39 is 29.5 Å². The number of nitrogens with zero attached hydrogens (tertiary/aromatic N) is 1. The van der Waals surface area contributed by atoms with Gasteiger partial charge >= 0.3 is 0 Å². The van der Waals surface area contributed by atoms with Gasteiger partial charge in [0.1, 0.15) is 23.7 Å². The van der Waals surface area contributed by atoms with Crippen molar-refractivity contribution in [1.29, 1.82) is 0 Å². The minimum Gasteiger partial charge on any atom is -0.491 e. The van der Waals surface area contributed by atoms with E-state index in [4.69, 9.17) is 30.2 Å². The summed E-state index contributed by atoms with van der Waals surface area (Å²) in [5, 5.41) is 40.7. The Morgan fingerprint density at radius 1 is 1.26 bits per heavy atom. The number of halogens is 1. The summed E-state index contributed by atoms with van der Waals surface area (Å²) < 4.78 is 21.4. The van der Waals surface area contributed by atoms with Gasteiger partial charge in [-0.1, -0.05) is 23.7 Å². The number of methoxy groups -OCH3 is 1. The molecule has 0 bridgehead atoms. The van der Waals surface area contributed by atoms with Crippen LogP contribution in [-0.4, -0.2) is 70.3 Å². The second-order valence-corrected chi connectivity index (χ2v) is 9.64. The van der Waals surface area contributed by atoms with Crippen molar-refractivity contribution in [2.45, 2.75) is 23.4 Å². The van der Waals surface area contributed by atoms with Crippen molar-refractivity contribution in [3.63, 3.8) is 0 Å². The van der Waals surface area contributed by atoms with E-state index in [1.165, 1.54) is 18.4 Å². The topological polar surface area (TPSA) is 135 Å². The van der Waals surface area contributed by atoms with Crippen molar-refractivity contribution in [2.24, 2.45) is 5.92 Å². The summed E-state index contributed by atoms with van der Waals surface area (Å²) in [7, 11) is 1.53. The number of hydrogen-bond acceptors (Lipinski definition) is 10. The quantitative estimate of drug-likeness (QED) is 0.251. The van der Waals surface area contributed by atoms with Crippen LogP contribution >= 0.6 is 22.9 Å². The van der Waals surface area contributed by atoms with Crippen LogP contribution in [0.3, 0.4) is 0 Å². The average molecular weight is 512 g/mol. The Labute approximate surface area is 205 Å².